The maximum Gasteiger partial charge on any atom is 0.469 e. The molecule has 10 heteroatoms. The average Bonchev–Trinajstić information content (AvgIpc) is 2.13. The lowest BCUT2D eigenvalue weighted by Gasteiger charge is -2.12. The molecule has 0 saturated carbocycles. The van der Waals surface area contributed by atoms with Crippen molar-refractivity contribution in [2.24, 2.45) is 5.73 Å². The second-order valence-corrected chi connectivity index (χ2v) is 5.24. The number of phosphoric ester groups is 1. The van der Waals surface area contributed by atoms with Gasteiger partial charge in [-0.25, -0.2) is 4.57 Å². The summed E-state index contributed by atoms with van der Waals surface area (Å²) in [6.07, 6.45) is -1.08. The summed E-state index contributed by atoms with van der Waals surface area (Å²) < 4.78 is 14.3. The summed E-state index contributed by atoms with van der Waals surface area (Å²) in [6, 6.07) is -1.03. The molecule has 0 aromatic rings. The smallest absolute Gasteiger partial charge is 0.469 e. The van der Waals surface area contributed by atoms with Gasteiger partial charge >= 0.3 is 13.8 Å². The average molecular weight is 275 g/mol. The predicted molar refractivity (Wildman–Crippen MR) is 56.9 cm³/mol. The van der Waals surface area contributed by atoms with E-state index in [1.54, 1.807) is 0 Å². The number of nitrogens with two attached hydrogens (primary N) is 1. The molecule has 0 rings (SSSR count). The fraction of sp³-hybridized carbons (Fsp3) is 0.833. The Kier molecular flexibility index (Phi) is 7.16. The largest absolute Gasteiger partial charge is 0.480 e. The second-order valence-electron chi connectivity index (χ2n) is 2.92. The molecule has 8 nitrogen and oxygen atoms in total. The van der Waals surface area contributed by atoms with Crippen molar-refractivity contribution in [2.45, 2.75) is 12.1 Å². The van der Waals surface area contributed by atoms with Crippen LogP contribution in [0.1, 0.15) is 0 Å². The first-order valence-corrected chi connectivity index (χ1v) is 6.85. The summed E-state index contributed by atoms with van der Waals surface area (Å²) in [7, 11) is -4.57. The van der Waals surface area contributed by atoms with Gasteiger partial charge in [0.2, 0.25) is 0 Å². The maximum absolute atomic E-state index is 10.3. The number of carbonyl (C=O) groups is 1. The second kappa shape index (κ2) is 7.23. The zero-order valence-corrected chi connectivity index (χ0v) is 9.93. The Labute approximate surface area is 96.0 Å². The Bertz CT molecular complexity index is 270. The number of aliphatic carboxylic acids is 1. The third kappa shape index (κ3) is 9.10. The van der Waals surface area contributed by atoms with Crippen LogP contribution in [0.15, 0.2) is 0 Å². The van der Waals surface area contributed by atoms with Gasteiger partial charge in [0, 0.05) is 11.5 Å². The van der Waals surface area contributed by atoms with Crippen LogP contribution in [0.25, 0.3) is 0 Å². The van der Waals surface area contributed by atoms with Crippen LogP contribution in [0.3, 0.4) is 0 Å². The number of aliphatic hydroxyl groups excluding tert-OH is 1. The third-order valence-electron chi connectivity index (χ3n) is 1.36. The Morgan fingerprint density at radius 2 is 2.00 bits per heavy atom. The Morgan fingerprint density at radius 3 is 2.44 bits per heavy atom. The monoisotopic (exact) mass is 275 g/mol. The van der Waals surface area contributed by atoms with Crippen molar-refractivity contribution < 1.29 is 33.9 Å². The van der Waals surface area contributed by atoms with Crippen LogP contribution in [-0.2, 0) is 13.9 Å². The highest BCUT2D eigenvalue weighted by Crippen LogP contribution is 2.35. The van der Waals surface area contributed by atoms with Crippen molar-refractivity contribution in [1.29, 1.82) is 0 Å². The zero-order valence-electron chi connectivity index (χ0n) is 8.22. The number of rotatable bonds is 8. The fourth-order valence-electron chi connectivity index (χ4n) is 0.634. The lowest BCUT2D eigenvalue weighted by Crippen LogP contribution is -2.33. The molecule has 0 aliphatic heterocycles. The fourth-order valence-corrected chi connectivity index (χ4v) is 1.90. The number of hydrogen-bond donors (Lipinski definition) is 5. The van der Waals surface area contributed by atoms with E-state index < -0.39 is 32.5 Å². The molecule has 0 spiro atoms. The molecule has 16 heavy (non-hydrogen) atoms. The zero-order chi connectivity index (χ0) is 12.8. The molecule has 0 radical (unpaired) electrons. The number of carboxylic acid groups (broad SMARTS) is 1. The molecule has 0 aliphatic rings. The topological polar surface area (TPSA) is 150 Å². The standard InChI is InChI=1S/C6H14NO7PS/c7-5(6(9)10)3-16-2-4(8)1-14-15(11,12)13/h4-5,8H,1-3,7H2,(H,9,10)(H2,11,12,13). The molecule has 2 unspecified atom stereocenters. The Hall–Kier alpha value is -0.150. The number of hydrogen-bond acceptors (Lipinski definition) is 6. The predicted octanol–water partition coefficient (Wildman–Crippen LogP) is -1.40. The number of carboxylic acids is 1. The summed E-state index contributed by atoms with van der Waals surface area (Å²) in [5, 5.41) is 17.6. The minimum atomic E-state index is -4.57. The Morgan fingerprint density at radius 1 is 1.44 bits per heavy atom. The SMILES string of the molecule is NC(CSCC(O)COP(=O)(O)O)C(=O)O. The summed E-state index contributed by atoms with van der Waals surface area (Å²) >= 11 is 1.06. The van der Waals surface area contributed by atoms with Gasteiger partial charge in [0.1, 0.15) is 6.04 Å². The molecular weight excluding hydrogens is 261 g/mol. The molecule has 0 bridgehead atoms. The van der Waals surface area contributed by atoms with Crippen LogP contribution in [0, 0.1) is 0 Å². The van der Waals surface area contributed by atoms with Gasteiger partial charge in [0.05, 0.1) is 12.7 Å². The highest BCUT2D eigenvalue weighted by atomic mass is 32.2. The molecular formula is C6H14NO7PS. The summed E-state index contributed by atoms with van der Waals surface area (Å²) in [5.74, 6) is -0.961. The van der Waals surface area contributed by atoms with E-state index in [2.05, 4.69) is 4.52 Å². The van der Waals surface area contributed by atoms with E-state index in [4.69, 9.17) is 20.6 Å². The van der Waals surface area contributed by atoms with Gasteiger partial charge in [-0.3, -0.25) is 9.32 Å². The maximum atomic E-state index is 10.3. The first-order chi connectivity index (χ1) is 7.22. The number of thioether (sulfide) groups is 1. The van der Waals surface area contributed by atoms with Crippen LogP contribution in [-0.4, -0.2) is 56.2 Å². The van der Waals surface area contributed by atoms with Crippen LogP contribution >= 0.6 is 19.6 Å². The van der Waals surface area contributed by atoms with Crippen molar-refractivity contribution in [1.82, 2.24) is 0 Å². The van der Waals surface area contributed by atoms with E-state index in [1.165, 1.54) is 0 Å². The first-order valence-electron chi connectivity index (χ1n) is 4.16. The van der Waals surface area contributed by atoms with Crippen LogP contribution < -0.4 is 5.73 Å². The van der Waals surface area contributed by atoms with Gasteiger partial charge in [-0.2, -0.15) is 11.8 Å². The lowest BCUT2D eigenvalue weighted by atomic mass is 10.4. The minimum Gasteiger partial charge on any atom is -0.480 e. The lowest BCUT2D eigenvalue weighted by molar-refractivity contribution is -0.137. The molecule has 0 saturated heterocycles. The van der Waals surface area contributed by atoms with Gasteiger partial charge in [-0.1, -0.05) is 0 Å². The summed E-state index contributed by atoms with van der Waals surface area (Å²) in [5.41, 5.74) is 5.19. The van der Waals surface area contributed by atoms with Crippen molar-refractivity contribution in [2.75, 3.05) is 18.1 Å². The first kappa shape index (κ1) is 15.9. The van der Waals surface area contributed by atoms with Crippen LogP contribution in [0.5, 0.6) is 0 Å². The van der Waals surface area contributed by atoms with Gasteiger partial charge in [-0.15, -0.1) is 0 Å². The van der Waals surface area contributed by atoms with E-state index in [9.17, 15) is 14.5 Å². The van der Waals surface area contributed by atoms with Gasteiger partial charge < -0.3 is 25.7 Å². The summed E-state index contributed by atoms with van der Waals surface area (Å²) in [6.45, 7) is -0.514. The number of phosphoric acid groups is 1. The van der Waals surface area contributed by atoms with Crippen LogP contribution in [0.2, 0.25) is 0 Å². The Balaban J connectivity index is 3.62. The molecule has 0 fully saturated rings. The van der Waals surface area contributed by atoms with E-state index in [1.807, 2.05) is 0 Å². The highest BCUT2D eigenvalue weighted by Gasteiger charge is 2.17. The molecule has 96 valence electrons. The molecule has 0 heterocycles. The molecule has 6 N–H and O–H groups in total. The molecule has 0 aromatic carbocycles. The van der Waals surface area contributed by atoms with E-state index >= 15 is 0 Å². The van der Waals surface area contributed by atoms with E-state index in [0.717, 1.165) is 11.8 Å². The minimum absolute atomic E-state index is 0.0843. The molecule has 0 aromatic heterocycles. The summed E-state index contributed by atoms with van der Waals surface area (Å²) in [4.78, 5) is 27.0. The quantitative estimate of drug-likeness (QED) is 0.337. The van der Waals surface area contributed by atoms with Gasteiger partial charge in [0.15, 0.2) is 0 Å². The molecule has 0 amide bonds. The number of aliphatic hydroxyl groups is 1. The van der Waals surface area contributed by atoms with Crippen LogP contribution in [0.4, 0.5) is 0 Å². The van der Waals surface area contributed by atoms with Crippen molar-refractivity contribution >= 4 is 25.6 Å². The normalized spacial score (nSPS) is 15.8. The molecule has 0 aliphatic carbocycles. The third-order valence-corrected chi connectivity index (χ3v) is 3.06. The van der Waals surface area contributed by atoms with Gasteiger partial charge in [-0.05, 0) is 0 Å². The highest BCUT2D eigenvalue weighted by molar-refractivity contribution is 7.99. The van der Waals surface area contributed by atoms with Crippen molar-refractivity contribution in [3.05, 3.63) is 0 Å². The molecule has 2 atom stereocenters. The van der Waals surface area contributed by atoms with Gasteiger partial charge in [0.25, 0.3) is 0 Å². The van der Waals surface area contributed by atoms with Crippen molar-refractivity contribution in [3.8, 4) is 0 Å². The van der Waals surface area contributed by atoms with E-state index in [-0.39, 0.29) is 11.5 Å². The van der Waals surface area contributed by atoms with E-state index in [0.29, 0.717) is 0 Å². The van der Waals surface area contributed by atoms with Crippen molar-refractivity contribution in [3.63, 3.8) is 0 Å².